The van der Waals surface area contributed by atoms with Crippen molar-refractivity contribution in [3.05, 3.63) is 0 Å². The van der Waals surface area contributed by atoms with Gasteiger partial charge in [-0.2, -0.15) is 0 Å². The number of hydrogen-bond donors (Lipinski definition) is 2. The quantitative estimate of drug-likeness (QED) is 0.698. The van der Waals surface area contributed by atoms with Gasteiger partial charge in [0.1, 0.15) is 0 Å². The largest absolute Gasteiger partial charge is 0.368 e. The molecule has 1 fully saturated rings. The molecule has 3 heteroatoms. The Morgan fingerprint density at radius 3 is 2.13 bits per heavy atom. The van der Waals surface area contributed by atoms with Gasteiger partial charge in [0, 0.05) is 6.04 Å². The summed E-state index contributed by atoms with van der Waals surface area (Å²) >= 11 is 0. The number of amides is 1. The normalized spacial score (nSPS) is 21.3. The first-order valence-corrected chi connectivity index (χ1v) is 6.16. The summed E-state index contributed by atoms with van der Waals surface area (Å²) in [5.74, 6) is 0.0694. The molecule has 0 saturated heterocycles. The van der Waals surface area contributed by atoms with Crippen molar-refractivity contribution < 1.29 is 4.79 Å². The maximum absolute atomic E-state index is 11.3. The summed E-state index contributed by atoms with van der Waals surface area (Å²) in [6, 6.07) is 0.334. The first kappa shape index (κ1) is 12.5. The number of hydrogen-bond acceptors (Lipinski definition) is 2. The summed E-state index contributed by atoms with van der Waals surface area (Å²) < 4.78 is 0. The molecule has 0 aliphatic heterocycles. The van der Waals surface area contributed by atoms with Crippen LogP contribution in [0.15, 0.2) is 0 Å². The average molecular weight is 212 g/mol. The maximum atomic E-state index is 11.3. The van der Waals surface area contributed by atoms with Gasteiger partial charge in [-0.15, -0.1) is 0 Å². The standard InChI is InChI=1S/C12H24N2O/c1-9(2)11(12(13)15)14-10-7-5-3-4-6-8-10/h9-11,14H,3-8H2,1-2H3,(H2,13,15). The van der Waals surface area contributed by atoms with E-state index in [0.29, 0.717) is 6.04 Å². The van der Waals surface area contributed by atoms with Crippen molar-refractivity contribution in [1.82, 2.24) is 5.32 Å². The Labute approximate surface area is 92.8 Å². The molecule has 0 spiro atoms. The van der Waals surface area contributed by atoms with Gasteiger partial charge >= 0.3 is 0 Å². The Hall–Kier alpha value is -0.570. The van der Waals surface area contributed by atoms with Gasteiger partial charge in [0.2, 0.25) is 5.91 Å². The Balaban J connectivity index is 2.45. The smallest absolute Gasteiger partial charge is 0.234 e. The van der Waals surface area contributed by atoms with Crippen molar-refractivity contribution in [2.45, 2.75) is 64.5 Å². The van der Waals surface area contributed by atoms with Crippen LogP contribution < -0.4 is 11.1 Å². The summed E-state index contributed by atoms with van der Waals surface area (Å²) in [7, 11) is 0. The van der Waals surface area contributed by atoms with E-state index < -0.39 is 0 Å². The molecule has 3 nitrogen and oxygen atoms in total. The highest BCUT2D eigenvalue weighted by atomic mass is 16.1. The Bertz CT molecular complexity index is 196. The van der Waals surface area contributed by atoms with Gasteiger partial charge in [0.25, 0.3) is 0 Å². The molecule has 0 radical (unpaired) electrons. The fraction of sp³-hybridized carbons (Fsp3) is 0.917. The maximum Gasteiger partial charge on any atom is 0.234 e. The number of carbonyl (C=O) groups excluding carboxylic acids is 1. The summed E-state index contributed by atoms with van der Waals surface area (Å²) in [5.41, 5.74) is 5.39. The van der Waals surface area contributed by atoms with Crippen LogP contribution in [0, 0.1) is 5.92 Å². The Kier molecular flexibility index (Phi) is 5.09. The molecule has 0 bridgehead atoms. The second-order valence-electron chi connectivity index (χ2n) is 4.98. The first-order chi connectivity index (χ1) is 7.11. The molecule has 1 rings (SSSR count). The molecule has 15 heavy (non-hydrogen) atoms. The molecule has 1 amide bonds. The van der Waals surface area contributed by atoms with Gasteiger partial charge in [0.05, 0.1) is 6.04 Å². The second kappa shape index (κ2) is 6.11. The van der Waals surface area contributed by atoms with Gasteiger partial charge in [-0.05, 0) is 18.8 Å². The highest BCUT2D eigenvalue weighted by Gasteiger charge is 2.23. The van der Waals surface area contributed by atoms with Crippen molar-refractivity contribution in [3.8, 4) is 0 Å². The zero-order chi connectivity index (χ0) is 11.3. The van der Waals surface area contributed by atoms with E-state index in [1.165, 1.54) is 38.5 Å². The number of primary amides is 1. The van der Waals surface area contributed by atoms with E-state index in [0.717, 1.165) is 0 Å². The fourth-order valence-electron chi connectivity index (χ4n) is 2.30. The third-order valence-corrected chi connectivity index (χ3v) is 3.24. The minimum absolute atomic E-state index is 0.159. The van der Waals surface area contributed by atoms with Gasteiger partial charge in [-0.25, -0.2) is 0 Å². The molecule has 88 valence electrons. The minimum Gasteiger partial charge on any atom is -0.368 e. The minimum atomic E-state index is -0.214. The molecule has 3 N–H and O–H groups in total. The van der Waals surface area contributed by atoms with Gasteiger partial charge in [-0.3, -0.25) is 4.79 Å². The number of nitrogens with two attached hydrogens (primary N) is 1. The summed E-state index contributed by atoms with van der Waals surface area (Å²) in [6.45, 7) is 4.08. The van der Waals surface area contributed by atoms with E-state index in [2.05, 4.69) is 5.32 Å². The summed E-state index contributed by atoms with van der Waals surface area (Å²) in [4.78, 5) is 11.3. The van der Waals surface area contributed by atoms with E-state index in [4.69, 9.17) is 5.73 Å². The van der Waals surface area contributed by atoms with Crippen LogP contribution in [0.1, 0.15) is 52.4 Å². The molecule has 0 heterocycles. The van der Waals surface area contributed by atoms with Crippen molar-refractivity contribution in [2.24, 2.45) is 11.7 Å². The van der Waals surface area contributed by atoms with Gasteiger partial charge in [0.15, 0.2) is 0 Å². The van der Waals surface area contributed by atoms with Gasteiger partial charge < -0.3 is 11.1 Å². The predicted octanol–water partition coefficient (Wildman–Crippen LogP) is 1.81. The highest BCUT2D eigenvalue weighted by molar-refractivity contribution is 5.80. The molecule has 0 aromatic heterocycles. The van der Waals surface area contributed by atoms with Crippen molar-refractivity contribution in [3.63, 3.8) is 0 Å². The van der Waals surface area contributed by atoms with Crippen LogP contribution in [0.5, 0.6) is 0 Å². The zero-order valence-corrected chi connectivity index (χ0v) is 9.96. The number of nitrogens with one attached hydrogen (secondary N) is 1. The predicted molar refractivity (Wildman–Crippen MR) is 62.4 cm³/mol. The molecule has 0 aromatic carbocycles. The van der Waals surface area contributed by atoms with Crippen molar-refractivity contribution >= 4 is 5.91 Å². The van der Waals surface area contributed by atoms with Crippen LogP contribution in [0.25, 0.3) is 0 Å². The van der Waals surface area contributed by atoms with Crippen LogP contribution in [-0.2, 0) is 4.79 Å². The lowest BCUT2D eigenvalue weighted by atomic mass is 10.0. The van der Waals surface area contributed by atoms with Crippen LogP contribution in [0.3, 0.4) is 0 Å². The zero-order valence-electron chi connectivity index (χ0n) is 9.96. The van der Waals surface area contributed by atoms with E-state index in [1.807, 2.05) is 13.8 Å². The number of rotatable bonds is 4. The van der Waals surface area contributed by atoms with E-state index in [-0.39, 0.29) is 17.9 Å². The lowest BCUT2D eigenvalue weighted by Gasteiger charge is -2.25. The number of carbonyl (C=O) groups is 1. The highest BCUT2D eigenvalue weighted by Crippen LogP contribution is 2.18. The molecular formula is C12H24N2O. The van der Waals surface area contributed by atoms with E-state index in [9.17, 15) is 4.79 Å². The summed E-state index contributed by atoms with van der Waals surface area (Å²) in [6.07, 6.45) is 7.61. The molecular weight excluding hydrogens is 188 g/mol. The molecule has 1 aliphatic carbocycles. The summed E-state index contributed by atoms with van der Waals surface area (Å²) in [5, 5.41) is 3.42. The Morgan fingerprint density at radius 1 is 1.20 bits per heavy atom. The van der Waals surface area contributed by atoms with Crippen LogP contribution >= 0.6 is 0 Å². The monoisotopic (exact) mass is 212 g/mol. The molecule has 1 unspecified atom stereocenters. The first-order valence-electron chi connectivity index (χ1n) is 6.16. The van der Waals surface area contributed by atoms with Gasteiger partial charge in [-0.1, -0.05) is 39.5 Å². The topological polar surface area (TPSA) is 55.1 Å². The van der Waals surface area contributed by atoms with E-state index >= 15 is 0 Å². The molecule has 1 atom stereocenters. The molecule has 0 aromatic rings. The van der Waals surface area contributed by atoms with Crippen LogP contribution in [0.4, 0.5) is 0 Å². The fourth-order valence-corrected chi connectivity index (χ4v) is 2.30. The van der Waals surface area contributed by atoms with Crippen LogP contribution in [-0.4, -0.2) is 18.0 Å². The Morgan fingerprint density at radius 2 is 1.73 bits per heavy atom. The molecule has 1 aliphatic rings. The molecule has 1 saturated carbocycles. The third kappa shape index (κ3) is 4.20. The van der Waals surface area contributed by atoms with Crippen molar-refractivity contribution in [1.29, 1.82) is 0 Å². The van der Waals surface area contributed by atoms with Crippen LogP contribution in [0.2, 0.25) is 0 Å². The lowest BCUT2D eigenvalue weighted by molar-refractivity contribution is -0.121. The second-order valence-corrected chi connectivity index (χ2v) is 4.98. The van der Waals surface area contributed by atoms with E-state index in [1.54, 1.807) is 0 Å². The average Bonchev–Trinajstić information content (AvgIpc) is 2.41. The lowest BCUT2D eigenvalue weighted by Crippen LogP contribution is -2.49. The van der Waals surface area contributed by atoms with Crippen molar-refractivity contribution in [2.75, 3.05) is 0 Å². The SMILES string of the molecule is CC(C)C(NC1CCCCCC1)C(N)=O. The third-order valence-electron chi connectivity index (χ3n) is 3.24.